The van der Waals surface area contributed by atoms with Crippen LogP contribution < -0.4 is 5.32 Å². The van der Waals surface area contributed by atoms with E-state index < -0.39 is 5.97 Å². The van der Waals surface area contributed by atoms with Crippen molar-refractivity contribution in [2.45, 2.75) is 19.9 Å². The highest BCUT2D eigenvalue weighted by molar-refractivity contribution is 5.97. The van der Waals surface area contributed by atoms with E-state index >= 15 is 0 Å². The zero-order valence-electron chi connectivity index (χ0n) is 14.1. The average molecular weight is 333 g/mol. The van der Waals surface area contributed by atoms with Crippen molar-refractivity contribution in [3.63, 3.8) is 0 Å². The maximum atomic E-state index is 12.5. The Morgan fingerprint density at radius 2 is 1.72 bits per heavy atom. The van der Waals surface area contributed by atoms with Crippen LogP contribution >= 0.6 is 0 Å². The second kappa shape index (κ2) is 6.77. The number of carboxylic acid groups (broad SMARTS) is 1. The van der Waals surface area contributed by atoms with Gasteiger partial charge in [0.2, 0.25) is 0 Å². The van der Waals surface area contributed by atoms with E-state index in [2.05, 4.69) is 5.32 Å². The van der Waals surface area contributed by atoms with Crippen LogP contribution in [-0.4, -0.2) is 17.0 Å². The summed E-state index contributed by atoms with van der Waals surface area (Å²) in [5.41, 5.74) is 2.27. The summed E-state index contributed by atoms with van der Waals surface area (Å²) in [5, 5.41) is 14.3. The number of hydrogen-bond donors (Lipinski definition) is 2. The number of benzene rings is 3. The first-order valence-corrected chi connectivity index (χ1v) is 8.10. The topological polar surface area (TPSA) is 66.4 Å². The summed E-state index contributed by atoms with van der Waals surface area (Å²) in [6, 6.07) is 18.5. The zero-order valence-corrected chi connectivity index (χ0v) is 14.1. The highest BCUT2D eigenvalue weighted by Crippen LogP contribution is 2.24. The third kappa shape index (κ3) is 3.38. The Kier molecular flexibility index (Phi) is 4.52. The van der Waals surface area contributed by atoms with Crippen LogP contribution in [0.2, 0.25) is 0 Å². The highest BCUT2D eigenvalue weighted by Gasteiger charge is 2.15. The minimum absolute atomic E-state index is 0.168. The summed E-state index contributed by atoms with van der Waals surface area (Å²) >= 11 is 0. The Morgan fingerprint density at radius 3 is 2.44 bits per heavy atom. The molecule has 0 aliphatic rings. The molecular weight excluding hydrogens is 314 g/mol. The molecule has 0 spiro atoms. The van der Waals surface area contributed by atoms with Gasteiger partial charge in [0, 0.05) is 5.56 Å². The van der Waals surface area contributed by atoms with Gasteiger partial charge in [0.05, 0.1) is 11.6 Å². The van der Waals surface area contributed by atoms with Gasteiger partial charge in [-0.25, -0.2) is 4.79 Å². The molecule has 0 bridgehead atoms. The van der Waals surface area contributed by atoms with Crippen LogP contribution in [0.4, 0.5) is 0 Å². The monoisotopic (exact) mass is 333 g/mol. The van der Waals surface area contributed by atoms with Crippen LogP contribution in [0.15, 0.2) is 60.7 Å². The summed E-state index contributed by atoms with van der Waals surface area (Å²) in [4.78, 5) is 23.6. The molecule has 0 fully saturated rings. The van der Waals surface area contributed by atoms with Gasteiger partial charge in [-0.05, 0) is 53.9 Å². The van der Waals surface area contributed by atoms with Crippen LogP contribution in [0, 0.1) is 6.92 Å². The van der Waals surface area contributed by atoms with Crippen LogP contribution in [0.25, 0.3) is 10.8 Å². The molecular formula is C21H19NO3. The smallest absolute Gasteiger partial charge is 0.335 e. The Morgan fingerprint density at radius 1 is 1.00 bits per heavy atom. The van der Waals surface area contributed by atoms with Gasteiger partial charge in [0.15, 0.2) is 0 Å². The molecule has 4 heteroatoms. The predicted octanol–water partition coefficient (Wildman–Crippen LogP) is 4.34. The van der Waals surface area contributed by atoms with Gasteiger partial charge >= 0.3 is 5.97 Å². The molecule has 0 aliphatic heterocycles. The third-order valence-corrected chi connectivity index (χ3v) is 4.36. The fourth-order valence-electron chi connectivity index (χ4n) is 3.03. The summed E-state index contributed by atoms with van der Waals surface area (Å²) in [6.45, 7) is 3.63. The van der Waals surface area contributed by atoms with E-state index in [1.807, 2.05) is 49.4 Å². The molecule has 0 radical (unpaired) electrons. The first kappa shape index (κ1) is 16.7. The molecule has 4 nitrogen and oxygen atoms in total. The van der Waals surface area contributed by atoms with E-state index in [0.29, 0.717) is 11.1 Å². The number of rotatable bonds is 4. The summed E-state index contributed by atoms with van der Waals surface area (Å²) in [6.07, 6.45) is 0. The van der Waals surface area contributed by atoms with Gasteiger partial charge in [-0.3, -0.25) is 4.79 Å². The minimum atomic E-state index is -0.992. The minimum Gasteiger partial charge on any atom is -0.478 e. The molecule has 0 saturated carbocycles. The van der Waals surface area contributed by atoms with Crippen molar-refractivity contribution in [3.8, 4) is 0 Å². The quantitative estimate of drug-likeness (QED) is 0.746. The Bertz CT molecular complexity index is 957. The first-order chi connectivity index (χ1) is 12.0. The fraction of sp³-hybridized carbons (Fsp3) is 0.143. The fourth-order valence-corrected chi connectivity index (χ4v) is 3.03. The second-order valence-electron chi connectivity index (χ2n) is 6.10. The van der Waals surface area contributed by atoms with Crippen molar-refractivity contribution in [1.82, 2.24) is 5.32 Å². The van der Waals surface area contributed by atoms with Crippen LogP contribution in [0.5, 0.6) is 0 Å². The number of carboxylic acids is 1. The largest absolute Gasteiger partial charge is 0.478 e. The van der Waals surface area contributed by atoms with Crippen molar-refractivity contribution in [2.24, 2.45) is 0 Å². The first-order valence-electron chi connectivity index (χ1n) is 8.10. The van der Waals surface area contributed by atoms with E-state index in [0.717, 1.165) is 16.3 Å². The maximum absolute atomic E-state index is 12.5. The van der Waals surface area contributed by atoms with Gasteiger partial charge in [-0.1, -0.05) is 42.5 Å². The maximum Gasteiger partial charge on any atom is 0.335 e. The van der Waals surface area contributed by atoms with Crippen molar-refractivity contribution < 1.29 is 14.7 Å². The molecule has 2 N–H and O–H groups in total. The van der Waals surface area contributed by atoms with E-state index in [9.17, 15) is 9.59 Å². The molecule has 0 saturated heterocycles. The van der Waals surface area contributed by atoms with E-state index in [1.165, 1.54) is 6.07 Å². The van der Waals surface area contributed by atoms with E-state index in [-0.39, 0.29) is 17.5 Å². The number of carbonyl (C=O) groups is 2. The molecule has 126 valence electrons. The Balaban J connectivity index is 1.85. The van der Waals surface area contributed by atoms with Gasteiger partial charge in [0.1, 0.15) is 0 Å². The number of aromatic carboxylic acids is 1. The Hall–Kier alpha value is -3.14. The number of amides is 1. The molecule has 0 aromatic heterocycles. The molecule has 0 heterocycles. The van der Waals surface area contributed by atoms with Gasteiger partial charge in [-0.15, -0.1) is 0 Å². The number of hydrogen-bond acceptors (Lipinski definition) is 2. The average Bonchev–Trinajstić information content (AvgIpc) is 2.60. The SMILES string of the molecule is Cc1cc(C(=O)NC(C)c2cccc3ccccc23)ccc1C(=O)O. The lowest BCUT2D eigenvalue weighted by Gasteiger charge is -2.17. The molecule has 0 aliphatic carbocycles. The number of carbonyl (C=O) groups excluding carboxylic acids is 1. The lowest BCUT2D eigenvalue weighted by atomic mass is 9.99. The number of nitrogens with one attached hydrogen (secondary N) is 1. The summed E-state index contributed by atoms with van der Waals surface area (Å²) in [7, 11) is 0. The molecule has 25 heavy (non-hydrogen) atoms. The van der Waals surface area contributed by atoms with Crippen LogP contribution in [-0.2, 0) is 0 Å². The lowest BCUT2D eigenvalue weighted by Crippen LogP contribution is -2.27. The van der Waals surface area contributed by atoms with Crippen LogP contribution in [0.3, 0.4) is 0 Å². The normalized spacial score (nSPS) is 11.9. The highest BCUT2D eigenvalue weighted by atomic mass is 16.4. The zero-order chi connectivity index (χ0) is 18.0. The van der Waals surface area contributed by atoms with Crippen LogP contribution in [0.1, 0.15) is 44.8 Å². The van der Waals surface area contributed by atoms with Crippen molar-refractivity contribution >= 4 is 22.6 Å². The summed E-state index contributed by atoms with van der Waals surface area (Å²) < 4.78 is 0. The van der Waals surface area contributed by atoms with Gasteiger partial charge < -0.3 is 10.4 Å². The van der Waals surface area contributed by atoms with E-state index in [4.69, 9.17) is 5.11 Å². The standard InChI is InChI=1S/C21H19NO3/c1-13-12-16(10-11-17(13)21(24)25)20(23)22-14(2)18-9-5-7-15-6-3-4-8-19(15)18/h3-12,14H,1-2H3,(H,22,23)(H,24,25). The molecule has 1 unspecified atom stereocenters. The lowest BCUT2D eigenvalue weighted by molar-refractivity contribution is 0.0695. The summed E-state index contributed by atoms with van der Waals surface area (Å²) in [5.74, 6) is -1.21. The predicted molar refractivity (Wildman–Crippen MR) is 98.0 cm³/mol. The van der Waals surface area contributed by atoms with Crippen molar-refractivity contribution in [3.05, 3.63) is 82.9 Å². The Labute approximate surface area is 146 Å². The van der Waals surface area contributed by atoms with Gasteiger partial charge in [0.25, 0.3) is 5.91 Å². The van der Waals surface area contributed by atoms with Gasteiger partial charge in [-0.2, -0.15) is 0 Å². The number of aryl methyl sites for hydroxylation is 1. The molecule has 3 aromatic carbocycles. The molecule has 1 amide bonds. The van der Waals surface area contributed by atoms with Crippen molar-refractivity contribution in [1.29, 1.82) is 0 Å². The molecule has 1 atom stereocenters. The van der Waals surface area contributed by atoms with E-state index in [1.54, 1.807) is 19.1 Å². The second-order valence-corrected chi connectivity index (χ2v) is 6.10. The molecule has 3 rings (SSSR count). The number of fused-ring (bicyclic) bond motifs is 1. The molecule has 3 aromatic rings. The van der Waals surface area contributed by atoms with Crippen molar-refractivity contribution in [2.75, 3.05) is 0 Å². The third-order valence-electron chi connectivity index (χ3n) is 4.36.